The van der Waals surface area contributed by atoms with Gasteiger partial charge in [0.2, 0.25) is 0 Å². The van der Waals surface area contributed by atoms with Gasteiger partial charge in [0.15, 0.2) is 0 Å². The molecule has 0 aliphatic carbocycles. The maximum atomic E-state index is 8.59. The molecule has 18 heavy (non-hydrogen) atoms. The second-order valence-electron chi connectivity index (χ2n) is 4.26. The number of thioether (sulfide) groups is 2. The Bertz CT molecular complexity index is 399. The number of hydrogen-bond acceptors (Lipinski definition) is 4. The average molecular weight is 276 g/mol. The number of nitriles is 2. The molecule has 0 aliphatic rings. The molecule has 0 radical (unpaired) electrons. The first-order valence-corrected chi connectivity index (χ1v) is 7.59. The van der Waals surface area contributed by atoms with Gasteiger partial charge in [-0.3, -0.25) is 0 Å². The Balaban J connectivity index is 2.53. The fourth-order valence-electron chi connectivity index (χ4n) is 1.74. The van der Waals surface area contributed by atoms with Crippen molar-refractivity contribution in [3.05, 3.63) is 35.4 Å². The lowest BCUT2D eigenvalue weighted by Gasteiger charge is -2.09. The fraction of sp³-hybridized carbons (Fsp3) is 0.429. The standard InChI is InChI=1S/C14H16N2S2/c1-11(17-9-15)7-13-3-5-14(6-4-13)8-12(2)18-10-16/h3-6,11-12H,7-8H2,1-2H3. The fourth-order valence-corrected chi connectivity index (χ4v) is 2.65. The van der Waals surface area contributed by atoms with Crippen LogP contribution >= 0.6 is 23.5 Å². The van der Waals surface area contributed by atoms with Crippen LogP contribution in [0.2, 0.25) is 0 Å². The van der Waals surface area contributed by atoms with Gasteiger partial charge in [-0.05, 0) is 47.5 Å². The van der Waals surface area contributed by atoms with Crippen LogP contribution in [0.25, 0.3) is 0 Å². The third-order valence-corrected chi connectivity index (χ3v) is 3.93. The van der Waals surface area contributed by atoms with Gasteiger partial charge < -0.3 is 0 Å². The van der Waals surface area contributed by atoms with Gasteiger partial charge in [0.25, 0.3) is 0 Å². The number of nitrogens with zero attached hydrogens (tertiary/aromatic N) is 2. The molecule has 1 rings (SSSR count). The molecule has 0 heterocycles. The lowest BCUT2D eigenvalue weighted by Crippen LogP contribution is -2.02. The van der Waals surface area contributed by atoms with E-state index in [2.05, 4.69) is 48.9 Å². The van der Waals surface area contributed by atoms with Crippen LogP contribution in [0, 0.1) is 21.3 Å². The van der Waals surface area contributed by atoms with Crippen LogP contribution in [-0.4, -0.2) is 10.5 Å². The maximum absolute atomic E-state index is 8.59. The molecule has 0 saturated heterocycles. The molecule has 4 heteroatoms. The van der Waals surface area contributed by atoms with Crippen molar-refractivity contribution in [1.29, 1.82) is 10.5 Å². The summed E-state index contributed by atoms with van der Waals surface area (Å²) in [6, 6.07) is 8.47. The van der Waals surface area contributed by atoms with Crippen LogP contribution in [0.4, 0.5) is 0 Å². The maximum Gasteiger partial charge on any atom is 0.133 e. The zero-order chi connectivity index (χ0) is 13.4. The third kappa shape index (κ3) is 5.49. The molecule has 0 saturated carbocycles. The summed E-state index contributed by atoms with van der Waals surface area (Å²) in [4.78, 5) is 0. The first-order chi connectivity index (χ1) is 8.65. The molecular weight excluding hydrogens is 260 g/mol. The van der Waals surface area contributed by atoms with E-state index in [-0.39, 0.29) is 0 Å². The molecule has 0 N–H and O–H groups in total. The number of rotatable bonds is 6. The Morgan fingerprint density at radius 2 is 1.22 bits per heavy atom. The molecule has 0 amide bonds. The van der Waals surface area contributed by atoms with Crippen molar-refractivity contribution in [1.82, 2.24) is 0 Å². The van der Waals surface area contributed by atoms with Crippen molar-refractivity contribution >= 4 is 23.5 Å². The summed E-state index contributed by atoms with van der Waals surface area (Å²) in [6.07, 6.45) is 1.84. The van der Waals surface area contributed by atoms with Gasteiger partial charge in [-0.1, -0.05) is 38.1 Å². The van der Waals surface area contributed by atoms with E-state index < -0.39 is 0 Å². The summed E-state index contributed by atoms with van der Waals surface area (Å²) in [6.45, 7) is 4.13. The SMILES string of the molecule is CC(Cc1ccc(CC(C)SC#N)cc1)SC#N. The van der Waals surface area contributed by atoms with Gasteiger partial charge in [0, 0.05) is 10.5 Å². The van der Waals surface area contributed by atoms with Gasteiger partial charge in [-0.25, -0.2) is 0 Å². The minimum Gasteiger partial charge on any atom is -0.185 e. The highest BCUT2D eigenvalue weighted by Gasteiger charge is 2.06. The van der Waals surface area contributed by atoms with Crippen molar-refractivity contribution in [2.24, 2.45) is 0 Å². The van der Waals surface area contributed by atoms with E-state index in [0.29, 0.717) is 10.5 Å². The van der Waals surface area contributed by atoms with E-state index in [1.165, 1.54) is 34.7 Å². The molecule has 0 bridgehead atoms. The minimum atomic E-state index is 0.328. The van der Waals surface area contributed by atoms with Crippen molar-refractivity contribution in [3.8, 4) is 10.8 Å². The smallest absolute Gasteiger partial charge is 0.133 e. The predicted molar refractivity (Wildman–Crippen MR) is 79.2 cm³/mol. The zero-order valence-electron chi connectivity index (χ0n) is 10.6. The normalized spacial score (nSPS) is 13.3. The lowest BCUT2D eigenvalue weighted by atomic mass is 10.0. The average Bonchev–Trinajstić information content (AvgIpc) is 2.32. The third-order valence-electron chi connectivity index (χ3n) is 2.58. The van der Waals surface area contributed by atoms with Crippen molar-refractivity contribution in [2.75, 3.05) is 0 Å². The van der Waals surface area contributed by atoms with Gasteiger partial charge in [0.1, 0.15) is 10.8 Å². The molecule has 2 unspecified atom stereocenters. The lowest BCUT2D eigenvalue weighted by molar-refractivity contribution is 0.928. The highest BCUT2D eigenvalue weighted by Crippen LogP contribution is 2.18. The van der Waals surface area contributed by atoms with Crippen molar-refractivity contribution < 1.29 is 0 Å². The summed E-state index contributed by atoms with van der Waals surface area (Å²) < 4.78 is 0. The number of hydrogen-bond donors (Lipinski definition) is 0. The Morgan fingerprint density at radius 3 is 1.50 bits per heavy atom. The van der Waals surface area contributed by atoms with Crippen molar-refractivity contribution in [3.63, 3.8) is 0 Å². The van der Waals surface area contributed by atoms with E-state index in [0.717, 1.165) is 12.8 Å². The first-order valence-electron chi connectivity index (χ1n) is 5.83. The summed E-state index contributed by atoms with van der Waals surface area (Å²) in [5.41, 5.74) is 2.52. The van der Waals surface area contributed by atoms with Crippen LogP contribution in [0.3, 0.4) is 0 Å². The molecule has 2 atom stereocenters. The molecule has 94 valence electrons. The Kier molecular flexibility index (Phi) is 6.72. The van der Waals surface area contributed by atoms with Gasteiger partial charge in [-0.15, -0.1) is 0 Å². The molecule has 0 fully saturated rings. The second kappa shape index (κ2) is 8.08. The molecule has 1 aromatic carbocycles. The first kappa shape index (κ1) is 15.0. The highest BCUT2D eigenvalue weighted by molar-refractivity contribution is 8.04. The van der Waals surface area contributed by atoms with E-state index in [1.807, 2.05) is 0 Å². The zero-order valence-corrected chi connectivity index (χ0v) is 12.2. The molecule has 0 aromatic heterocycles. The highest BCUT2D eigenvalue weighted by atomic mass is 32.2. The van der Waals surface area contributed by atoms with E-state index in [4.69, 9.17) is 10.5 Å². The summed E-state index contributed by atoms with van der Waals surface area (Å²) >= 11 is 2.63. The molecule has 1 aromatic rings. The van der Waals surface area contributed by atoms with Crippen LogP contribution in [0.1, 0.15) is 25.0 Å². The quantitative estimate of drug-likeness (QED) is 0.737. The molecule has 0 aliphatic heterocycles. The summed E-state index contributed by atoms with van der Waals surface area (Å²) in [5, 5.41) is 22.1. The van der Waals surface area contributed by atoms with Gasteiger partial charge in [-0.2, -0.15) is 10.5 Å². The van der Waals surface area contributed by atoms with E-state index >= 15 is 0 Å². The van der Waals surface area contributed by atoms with Crippen molar-refractivity contribution in [2.45, 2.75) is 37.2 Å². The van der Waals surface area contributed by atoms with Crippen LogP contribution < -0.4 is 0 Å². The topological polar surface area (TPSA) is 47.6 Å². The Labute approximate surface area is 117 Å². The Morgan fingerprint density at radius 1 is 0.889 bits per heavy atom. The van der Waals surface area contributed by atoms with Crippen LogP contribution in [0.5, 0.6) is 0 Å². The monoisotopic (exact) mass is 276 g/mol. The predicted octanol–water partition coefficient (Wildman–Crippen LogP) is 3.98. The molecule has 2 nitrogen and oxygen atoms in total. The molecular formula is C14H16N2S2. The van der Waals surface area contributed by atoms with Gasteiger partial charge in [0.05, 0.1) is 0 Å². The van der Waals surface area contributed by atoms with Crippen LogP contribution in [-0.2, 0) is 12.8 Å². The largest absolute Gasteiger partial charge is 0.185 e. The molecule has 0 spiro atoms. The Hall–Kier alpha value is -1.10. The summed E-state index contributed by atoms with van der Waals surface area (Å²) in [7, 11) is 0. The second-order valence-corrected chi connectivity index (χ2v) is 6.71. The number of benzene rings is 1. The minimum absolute atomic E-state index is 0.328. The van der Waals surface area contributed by atoms with Gasteiger partial charge >= 0.3 is 0 Å². The van der Waals surface area contributed by atoms with Crippen LogP contribution in [0.15, 0.2) is 24.3 Å². The van der Waals surface area contributed by atoms with E-state index in [1.54, 1.807) is 0 Å². The number of thiocyanates is 2. The van der Waals surface area contributed by atoms with E-state index in [9.17, 15) is 0 Å². The summed E-state index contributed by atoms with van der Waals surface area (Å²) in [5.74, 6) is 0.